The van der Waals surface area contributed by atoms with E-state index in [-0.39, 0.29) is 0 Å². The highest BCUT2D eigenvalue weighted by Gasteiger charge is 2.19. The van der Waals surface area contributed by atoms with Crippen LogP contribution in [-0.4, -0.2) is 24.1 Å². The number of piperidine rings is 1. The Labute approximate surface area is 125 Å². The van der Waals surface area contributed by atoms with Crippen molar-refractivity contribution in [2.24, 2.45) is 5.73 Å². The molecule has 2 aromatic rings. The second-order valence-corrected chi connectivity index (χ2v) is 6.12. The molecule has 0 bridgehead atoms. The van der Waals surface area contributed by atoms with Gasteiger partial charge in [0.1, 0.15) is 5.82 Å². The molecule has 0 saturated carbocycles. The van der Waals surface area contributed by atoms with E-state index >= 15 is 0 Å². The Morgan fingerprint density at radius 2 is 1.95 bits per heavy atom. The van der Waals surface area contributed by atoms with Gasteiger partial charge in [0.05, 0.1) is 5.02 Å². The summed E-state index contributed by atoms with van der Waals surface area (Å²) in [6, 6.07) is 6.27. The van der Waals surface area contributed by atoms with Gasteiger partial charge in [-0.3, -0.25) is 0 Å². The molecule has 5 heteroatoms. The van der Waals surface area contributed by atoms with Gasteiger partial charge in [-0.25, -0.2) is 4.98 Å². The molecule has 0 amide bonds. The molecule has 0 radical (unpaired) electrons. The smallest absolute Gasteiger partial charge is 0.136 e. The summed E-state index contributed by atoms with van der Waals surface area (Å²) in [6.07, 6.45) is 3.88. The number of hydrogen-bond donors (Lipinski definition) is 1. The van der Waals surface area contributed by atoms with Crippen LogP contribution in [0.15, 0.2) is 28.9 Å². The van der Waals surface area contributed by atoms with Gasteiger partial charge >= 0.3 is 0 Å². The van der Waals surface area contributed by atoms with Gasteiger partial charge in [0.2, 0.25) is 0 Å². The molecule has 0 atom stereocenters. The van der Waals surface area contributed by atoms with Crippen molar-refractivity contribution in [2.75, 3.05) is 18.0 Å². The first-order valence-corrected chi connectivity index (χ1v) is 7.57. The first kappa shape index (κ1) is 13.2. The molecule has 2 N–H and O–H groups in total. The lowest BCUT2D eigenvalue weighted by Crippen LogP contribution is -2.40. The zero-order valence-electron chi connectivity index (χ0n) is 10.4. The lowest BCUT2D eigenvalue weighted by molar-refractivity contribution is 0.499. The normalized spacial score (nSPS) is 17.1. The number of aromatic nitrogens is 1. The Hall–Kier alpha value is -0.840. The van der Waals surface area contributed by atoms with E-state index < -0.39 is 0 Å². The summed E-state index contributed by atoms with van der Waals surface area (Å²) in [5, 5.41) is 2.96. The van der Waals surface area contributed by atoms with Crippen molar-refractivity contribution >= 4 is 44.1 Å². The molecule has 0 spiro atoms. The molecular weight excluding hydrogens is 326 g/mol. The molecule has 1 aromatic heterocycles. The minimum atomic E-state index is 0.326. The predicted octanol–water partition coefficient (Wildman–Crippen LogP) is 3.58. The molecular formula is C14H15BrClN3. The van der Waals surface area contributed by atoms with E-state index in [2.05, 4.69) is 25.8 Å². The van der Waals surface area contributed by atoms with Gasteiger partial charge in [-0.1, -0.05) is 11.6 Å². The third-order valence-corrected chi connectivity index (χ3v) is 5.05. The van der Waals surface area contributed by atoms with Crippen molar-refractivity contribution in [1.82, 2.24) is 4.98 Å². The molecule has 19 heavy (non-hydrogen) atoms. The third-order valence-electron chi connectivity index (χ3n) is 3.65. The van der Waals surface area contributed by atoms with Crippen LogP contribution in [0.5, 0.6) is 0 Å². The molecule has 2 heterocycles. The van der Waals surface area contributed by atoms with Gasteiger partial charge in [0.15, 0.2) is 0 Å². The van der Waals surface area contributed by atoms with Crippen molar-refractivity contribution in [1.29, 1.82) is 0 Å². The number of benzene rings is 1. The number of rotatable bonds is 1. The van der Waals surface area contributed by atoms with Crippen molar-refractivity contribution in [3.63, 3.8) is 0 Å². The molecule has 0 aliphatic carbocycles. The number of nitrogens with zero attached hydrogens (tertiary/aromatic N) is 2. The first-order valence-electron chi connectivity index (χ1n) is 6.40. The van der Waals surface area contributed by atoms with Gasteiger partial charge in [-0.05, 0) is 47.0 Å². The minimum Gasteiger partial charge on any atom is -0.356 e. The standard InChI is InChI=1S/C14H15BrClN3/c15-13-10-3-6-18-14(11(10)1-2-12(13)16)19-7-4-9(17)5-8-19/h1-3,6,9H,4-5,7-8,17H2. The highest BCUT2D eigenvalue weighted by atomic mass is 79.9. The van der Waals surface area contributed by atoms with E-state index in [1.54, 1.807) is 0 Å². The fraction of sp³-hybridized carbons (Fsp3) is 0.357. The monoisotopic (exact) mass is 339 g/mol. The van der Waals surface area contributed by atoms with Crippen LogP contribution in [0.4, 0.5) is 5.82 Å². The van der Waals surface area contributed by atoms with Crippen LogP contribution < -0.4 is 10.6 Å². The van der Waals surface area contributed by atoms with Crippen LogP contribution >= 0.6 is 27.5 Å². The average Bonchev–Trinajstić information content (AvgIpc) is 2.43. The quantitative estimate of drug-likeness (QED) is 0.863. The van der Waals surface area contributed by atoms with E-state index in [0.29, 0.717) is 6.04 Å². The molecule has 100 valence electrons. The fourth-order valence-electron chi connectivity index (χ4n) is 2.54. The summed E-state index contributed by atoms with van der Waals surface area (Å²) < 4.78 is 0.934. The maximum absolute atomic E-state index is 6.15. The zero-order valence-corrected chi connectivity index (χ0v) is 12.8. The first-order chi connectivity index (χ1) is 9.16. The lowest BCUT2D eigenvalue weighted by Gasteiger charge is -2.31. The lowest BCUT2D eigenvalue weighted by atomic mass is 10.1. The second-order valence-electron chi connectivity index (χ2n) is 4.92. The molecule has 1 aliphatic rings. The van der Waals surface area contributed by atoms with Crippen molar-refractivity contribution < 1.29 is 0 Å². The summed E-state index contributed by atoms with van der Waals surface area (Å²) >= 11 is 9.70. The summed E-state index contributed by atoms with van der Waals surface area (Å²) in [4.78, 5) is 6.86. The van der Waals surface area contributed by atoms with Gasteiger partial charge in [0.25, 0.3) is 0 Å². The molecule has 1 aliphatic heterocycles. The SMILES string of the molecule is NC1CCN(c2nccc3c(Br)c(Cl)ccc23)CC1. The molecule has 1 aromatic carbocycles. The van der Waals surface area contributed by atoms with Gasteiger partial charge in [-0.15, -0.1) is 0 Å². The Morgan fingerprint density at radius 1 is 1.21 bits per heavy atom. The Balaban J connectivity index is 2.07. The topological polar surface area (TPSA) is 42.1 Å². The largest absolute Gasteiger partial charge is 0.356 e. The van der Waals surface area contributed by atoms with E-state index in [1.165, 1.54) is 0 Å². The molecule has 3 rings (SSSR count). The highest BCUT2D eigenvalue weighted by molar-refractivity contribution is 9.10. The summed E-state index contributed by atoms with van der Waals surface area (Å²) in [5.41, 5.74) is 5.96. The van der Waals surface area contributed by atoms with Crippen LogP contribution in [0.1, 0.15) is 12.8 Å². The number of pyridine rings is 1. The second kappa shape index (κ2) is 5.27. The van der Waals surface area contributed by atoms with Gasteiger partial charge in [0, 0.05) is 40.6 Å². The molecule has 1 fully saturated rings. The van der Waals surface area contributed by atoms with E-state index in [0.717, 1.165) is 52.0 Å². The Morgan fingerprint density at radius 3 is 2.68 bits per heavy atom. The van der Waals surface area contributed by atoms with Crippen LogP contribution in [0.2, 0.25) is 5.02 Å². The van der Waals surface area contributed by atoms with E-state index in [4.69, 9.17) is 17.3 Å². The number of anilines is 1. The molecule has 1 saturated heterocycles. The van der Waals surface area contributed by atoms with E-state index in [9.17, 15) is 0 Å². The maximum atomic E-state index is 6.15. The zero-order chi connectivity index (χ0) is 13.4. The van der Waals surface area contributed by atoms with Crippen LogP contribution in [0.25, 0.3) is 10.8 Å². The molecule has 3 nitrogen and oxygen atoms in total. The van der Waals surface area contributed by atoms with Crippen molar-refractivity contribution in [3.8, 4) is 0 Å². The van der Waals surface area contributed by atoms with Crippen molar-refractivity contribution in [3.05, 3.63) is 33.9 Å². The van der Waals surface area contributed by atoms with Crippen LogP contribution in [-0.2, 0) is 0 Å². The number of fused-ring (bicyclic) bond motifs is 1. The number of nitrogens with two attached hydrogens (primary N) is 1. The summed E-state index contributed by atoms with van der Waals surface area (Å²) in [6.45, 7) is 1.93. The third kappa shape index (κ3) is 2.45. The van der Waals surface area contributed by atoms with Gasteiger partial charge < -0.3 is 10.6 Å². The van der Waals surface area contributed by atoms with E-state index in [1.807, 2.05) is 24.4 Å². The maximum Gasteiger partial charge on any atom is 0.136 e. The number of hydrogen-bond acceptors (Lipinski definition) is 3. The van der Waals surface area contributed by atoms with Crippen molar-refractivity contribution in [2.45, 2.75) is 18.9 Å². The Bertz CT molecular complexity index is 609. The Kier molecular flexibility index (Phi) is 3.65. The van der Waals surface area contributed by atoms with Crippen LogP contribution in [0.3, 0.4) is 0 Å². The fourth-order valence-corrected chi connectivity index (χ4v) is 3.18. The summed E-state index contributed by atoms with van der Waals surface area (Å²) in [5.74, 6) is 1.03. The minimum absolute atomic E-state index is 0.326. The highest BCUT2D eigenvalue weighted by Crippen LogP contribution is 2.35. The number of halogens is 2. The summed E-state index contributed by atoms with van der Waals surface area (Å²) in [7, 11) is 0. The van der Waals surface area contributed by atoms with Gasteiger partial charge in [-0.2, -0.15) is 0 Å². The van der Waals surface area contributed by atoms with Crippen LogP contribution in [0, 0.1) is 0 Å². The average molecular weight is 341 g/mol. The molecule has 0 unspecified atom stereocenters. The predicted molar refractivity (Wildman–Crippen MR) is 83.9 cm³/mol.